The average molecular weight is 476 g/mol. The standard InChI is InChI=1S/C24H30NO5PS/c1-6-29-31(28,30-7-2)16-25-19-10-8-9-11-21(19)32-22(23(25)27)15-17-12-13-20(26)18(14-17)24(3,4)5/h8-15,26H,6-7,16H2,1-5H3/b22-15+. The maximum absolute atomic E-state index is 13.5. The van der Waals surface area contributed by atoms with Crippen LogP contribution >= 0.6 is 19.4 Å². The number of rotatable bonds is 7. The van der Waals surface area contributed by atoms with E-state index < -0.39 is 7.60 Å². The van der Waals surface area contributed by atoms with Crippen molar-refractivity contribution in [2.24, 2.45) is 0 Å². The molecule has 0 unspecified atom stereocenters. The smallest absolute Gasteiger partial charge is 0.350 e. The monoisotopic (exact) mass is 475 g/mol. The molecule has 8 heteroatoms. The van der Waals surface area contributed by atoms with Crippen molar-refractivity contribution in [3.8, 4) is 5.75 Å². The Labute approximate surface area is 194 Å². The molecule has 0 aromatic heterocycles. The van der Waals surface area contributed by atoms with Crippen molar-refractivity contribution >= 4 is 37.0 Å². The Morgan fingerprint density at radius 2 is 1.75 bits per heavy atom. The van der Waals surface area contributed by atoms with Crippen LogP contribution in [0.4, 0.5) is 5.69 Å². The van der Waals surface area contributed by atoms with E-state index in [-0.39, 0.29) is 36.6 Å². The summed E-state index contributed by atoms with van der Waals surface area (Å²) in [5.41, 5.74) is 2.04. The van der Waals surface area contributed by atoms with Gasteiger partial charge in [0.15, 0.2) is 0 Å². The third kappa shape index (κ3) is 5.46. The molecular formula is C24H30NO5PS. The van der Waals surface area contributed by atoms with Crippen LogP contribution in [0.25, 0.3) is 6.08 Å². The first-order valence-electron chi connectivity index (χ1n) is 10.6. The molecule has 32 heavy (non-hydrogen) atoms. The number of carbonyl (C=O) groups excluding carboxylic acids is 1. The molecule has 1 N–H and O–H groups in total. The number of nitrogens with zero attached hydrogens (tertiary/aromatic N) is 1. The maximum Gasteiger partial charge on any atom is 0.350 e. The largest absolute Gasteiger partial charge is 0.508 e. The zero-order valence-electron chi connectivity index (χ0n) is 19.1. The number of carbonyl (C=O) groups is 1. The molecule has 0 fully saturated rings. The zero-order chi connectivity index (χ0) is 23.5. The van der Waals surface area contributed by atoms with Crippen molar-refractivity contribution in [1.29, 1.82) is 0 Å². The molecular weight excluding hydrogens is 445 g/mol. The van der Waals surface area contributed by atoms with Gasteiger partial charge in [-0.15, -0.1) is 0 Å². The molecule has 172 valence electrons. The number of hydrogen-bond donors (Lipinski definition) is 1. The number of amides is 1. The third-order valence-corrected chi connectivity index (χ3v) is 7.93. The van der Waals surface area contributed by atoms with E-state index in [0.29, 0.717) is 10.6 Å². The summed E-state index contributed by atoms with van der Waals surface area (Å²) in [5.74, 6) is -0.0395. The number of phenols is 1. The van der Waals surface area contributed by atoms with E-state index in [0.717, 1.165) is 16.0 Å². The topological polar surface area (TPSA) is 76.1 Å². The summed E-state index contributed by atoms with van der Waals surface area (Å²) >= 11 is 1.37. The number of thioether (sulfide) groups is 1. The minimum atomic E-state index is -3.49. The van der Waals surface area contributed by atoms with Crippen LogP contribution in [0.5, 0.6) is 5.75 Å². The SMILES string of the molecule is CCOP(=O)(CN1C(=O)/C(=C\c2ccc(O)c(C(C)(C)C)c2)Sc2ccccc21)OCC. The Hall–Kier alpha value is -2.05. The maximum atomic E-state index is 13.5. The highest BCUT2D eigenvalue weighted by Crippen LogP contribution is 2.52. The average Bonchev–Trinajstić information content (AvgIpc) is 2.72. The lowest BCUT2D eigenvalue weighted by atomic mass is 9.85. The van der Waals surface area contributed by atoms with Gasteiger partial charge in [0, 0.05) is 4.90 Å². The van der Waals surface area contributed by atoms with Gasteiger partial charge < -0.3 is 14.2 Å². The Kier molecular flexibility index (Phi) is 7.56. The number of phenolic OH excluding ortho intramolecular Hbond substituents is 1. The molecule has 1 heterocycles. The lowest BCUT2D eigenvalue weighted by molar-refractivity contribution is -0.114. The molecule has 0 saturated heterocycles. The number of aromatic hydroxyl groups is 1. The van der Waals surface area contributed by atoms with Crippen molar-refractivity contribution < 1.29 is 23.5 Å². The number of benzene rings is 2. The van der Waals surface area contributed by atoms with Gasteiger partial charge in [0.2, 0.25) is 0 Å². The number of para-hydroxylation sites is 1. The van der Waals surface area contributed by atoms with E-state index >= 15 is 0 Å². The van der Waals surface area contributed by atoms with E-state index in [1.54, 1.807) is 32.1 Å². The van der Waals surface area contributed by atoms with E-state index in [4.69, 9.17) is 9.05 Å². The second-order valence-electron chi connectivity index (χ2n) is 8.43. The van der Waals surface area contributed by atoms with E-state index in [9.17, 15) is 14.5 Å². The van der Waals surface area contributed by atoms with Gasteiger partial charge in [-0.2, -0.15) is 0 Å². The quantitative estimate of drug-likeness (QED) is 0.369. The fraction of sp³-hybridized carbons (Fsp3) is 0.375. The summed E-state index contributed by atoms with van der Waals surface area (Å²) in [5, 5.41) is 10.3. The molecule has 0 spiro atoms. The van der Waals surface area contributed by atoms with Crippen LogP contribution in [0.15, 0.2) is 52.3 Å². The zero-order valence-corrected chi connectivity index (χ0v) is 20.8. The fourth-order valence-corrected chi connectivity index (χ4v) is 6.19. The van der Waals surface area contributed by atoms with E-state index in [2.05, 4.69) is 0 Å². The number of hydrogen-bond acceptors (Lipinski definition) is 6. The van der Waals surface area contributed by atoms with Gasteiger partial charge in [-0.3, -0.25) is 14.3 Å². The second-order valence-corrected chi connectivity index (χ2v) is 11.5. The minimum Gasteiger partial charge on any atom is -0.508 e. The molecule has 0 bridgehead atoms. The predicted octanol–water partition coefficient (Wildman–Crippen LogP) is 6.39. The highest BCUT2D eigenvalue weighted by molar-refractivity contribution is 8.04. The van der Waals surface area contributed by atoms with Crippen molar-refractivity contribution in [3.63, 3.8) is 0 Å². The fourth-order valence-electron chi connectivity index (χ4n) is 3.48. The van der Waals surface area contributed by atoms with Gasteiger partial charge in [0.25, 0.3) is 5.91 Å². The third-order valence-electron chi connectivity index (χ3n) is 4.92. The highest BCUT2D eigenvalue weighted by atomic mass is 32.2. The van der Waals surface area contributed by atoms with Gasteiger partial charge in [0.1, 0.15) is 12.0 Å². The highest BCUT2D eigenvalue weighted by Gasteiger charge is 2.36. The van der Waals surface area contributed by atoms with Crippen LogP contribution in [0.3, 0.4) is 0 Å². The van der Waals surface area contributed by atoms with E-state index in [1.807, 2.05) is 51.1 Å². The Morgan fingerprint density at radius 3 is 2.38 bits per heavy atom. The van der Waals surface area contributed by atoms with Gasteiger partial charge in [-0.1, -0.05) is 50.7 Å². The molecule has 6 nitrogen and oxygen atoms in total. The molecule has 2 aromatic carbocycles. The molecule has 0 radical (unpaired) electrons. The summed E-state index contributed by atoms with van der Waals surface area (Å²) in [4.78, 5) is 16.3. The Morgan fingerprint density at radius 1 is 1.09 bits per heavy atom. The second kappa shape index (κ2) is 9.84. The molecule has 1 aliphatic heterocycles. The van der Waals surface area contributed by atoms with Crippen molar-refractivity contribution in [3.05, 3.63) is 58.5 Å². The summed E-state index contributed by atoms with van der Waals surface area (Å²) in [6, 6.07) is 12.8. The molecule has 0 saturated carbocycles. The first-order chi connectivity index (χ1) is 15.1. The van der Waals surface area contributed by atoms with Crippen LogP contribution < -0.4 is 4.90 Å². The summed E-state index contributed by atoms with van der Waals surface area (Å²) in [7, 11) is -3.49. The van der Waals surface area contributed by atoms with Crippen molar-refractivity contribution in [2.45, 2.75) is 44.9 Å². The number of fused-ring (bicyclic) bond motifs is 1. The summed E-state index contributed by atoms with van der Waals surface area (Å²) in [6.07, 6.45) is 1.64. The van der Waals surface area contributed by atoms with Gasteiger partial charge in [-0.05, 0) is 60.7 Å². The van der Waals surface area contributed by atoms with Crippen LogP contribution in [0.2, 0.25) is 0 Å². The lowest BCUT2D eigenvalue weighted by Crippen LogP contribution is -2.35. The molecule has 1 aliphatic rings. The van der Waals surface area contributed by atoms with Crippen molar-refractivity contribution in [2.75, 3.05) is 24.4 Å². The van der Waals surface area contributed by atoms with E-state index in [1.165, 1.54) is 16.7 Å². The molecule has 0 aliphatic carbocycles. The molecule has 2 aromatic rings. The molecule has 3 rings (SSSR count). The van der Waals surface area contributed by atoms with Gasteiger partial charge in [0.05, 0.1) is 23.8 Å². The number of anilines is 1. The summed E-state index contributed by atoms with van der Waals surface area (Å²) < 4.78 is 24.1. The Bertz CT molecular complexity index is 1070. The van der Waals surface area contributed by atoms with Crippen molar-refractivity contribution in [1.82, 2.24) is 0 Å². The van der Waals surface area contributed by atoms with Crippen LogP contribution in [-0.4, -0.2) is 30.5 Å². The first-order valence-corrected chi connectivity index (χ1v) is 13.1. The molecule has 1 amide bonds. The summed E-state index contributed by atoms with van der Waals surface area (Å²) in [6.45, 7) is 10.0. The lowest BCUT2D eigenvalue weighted by Gasteiger charge is -2.32. The first kappa shape index (κ1) is 24.6. The molecule has 0 atom stereocenters. The van der Waals surface area contributed by atoms with Crippen LogP contribution in [0, 0.1) is 0 Å². The van der Waals surface area contributed by atoms with Crippen LogP contribution in [-0.2, 0) is 23.8 Å². The van der Waals surface area contributed by atoms with Gasteiger partial charge in [-0.25, -0.2) is 0 Å². The normalized spacial score (nSPS) is 15.8. The predicted molar refractivity (Wildman–Crippen MR) is 130 cm³/mol. The van der Waals surface area contributed by atoms with Crippen LogP contribution in [0.1, 0.15) is 45.7 Å². The van der Waals surface area contributed by atoms with Gasteiger partial charge >= 0.3 is 7.60 Å². The Balaban J connectivity index is 2.03. The minimum absolute atomic E-state index is 0.161.